The van der Waals surface area contributed by atoms with Gasteiger partial charge in [0.05, 0.1) is 7.11 Å². The van der Waals surface area contributed by atoms with Gasteiger partial charge in [-0.05, 0) is 40.0 Å². The van der Waals surface area contributed by atoms with Gasteiger partial charge in [0, 0.05) is 19.5 Å². The van der Waals surface area contributed by atoms with E-state index in [1.54, 1.807) is 4.90 Å². The molecule has 0 aliphatic rings. The van der Waals surface area contributed by atoms with Crippen LogP contribution in [0.15, 0.2) is 0 Å². The Balaban J connectivity index is 4.24. The molecule has 5 heteroatoms. The lowest BCUT2D eigenvalue weighted by atomic mass is 10.1. The number of hydrogen-bond donors (Lipinski definition) is 0. The number of rotatable bonds is 6. The molecular formula is C14H27NO4. The van der Waals surface area contributed by atoms with Gasteiger partial charge >= 0.3 is 12.1 Å². The van der Waals surface area contributed by atoms with Crippen molar-refractivity contribution in [2.75, 3.05) is 20.2 Å². The van der Waals surface area contributed by atoms with Crippen LogP contribution in [0.5, 0.6) is 0 Å². The second-order valence-corrected chi connectivity index (χ2v) is 5.74. The van der Waals surface area contributed by atoms with E-state index >= 15 is 0 Å². The van der Waals surface area contributed by atoms with Crippen LogP contribution in [-0.4, -0.2) is 42.8 Å². The van der Waals surface area contributed by atoms with Crippen LogP contribution in [-0.2, 0) is 14.3 Å². The number of carbonyl (C=O) groups is 2. The zero-order valence-electron chi connectivity index (χ0n) is 13.0. The van der Waals surface area contributed by atoms with Crippen LogP contribution in [0.3, 0.4) is 0 Å². The van der Waals surface area contributed by atoms with E-state index in [0.717, 1.165) is 0 Å². The van der Waals surface area contributed by atoms with Crippen LogP contribution in [0.2, 0.25) is 0 Å². The summed E-state index contributed by atoms with van der Waals surface area (Å²) in [6.45, 7) is 10.6. The molecule has 0 heterocycles. The number of nitrogens with zero attached hydrogens (tertiary/aromatic N) is 1. The fourth-order valence-electron chi connectivity index (χ4n) is 1.59. The molecule has 19 heavy (non-hydrogen) atoms. The summed E-state index contributed by atoms with van der Waals surface area (Å²) in [5.41, 5.74) is -0.486. The minimum absolute atomic E-state index is 0.216. The highest BCUT2D eigenvalue weighted by Gasteiger charge is 2.22. The van der Waals surface area contributed by atoms with E-state index in [2.05, 4.69) is 4.74 Å². The molecule has 0 radical (unpaired) electrons. The summed E-state index contributed by atoms with van der Waals surface area (Å²) in [7, 11) is 1.38. The molecular weight excluding hydrogens is 246 g/mol. The van der Waals surface area contributed by atoms with Gasteiger partial charge in [0.25, 0.3) is 0 Å². The second kappa shape index (κ2) is 8.02. The summed E-state index contributed by atoms with van der Waals surface area (Å²) in [4.78, 5) is 24.7. The quantitative estimate of drug-likeness (QED) is 0.698. The van der Waals surface area contributed by atoms with E-state index in [0.29, 0.717) is 25.9 Å². The monoisotopic (exact) mass is 273 g/mol. The normalized spacial score (nSPS) is 12.7. The van der Waals surface area contributed by atoms with Gasteiger partial charge in [-0.15, -0.1) is 0 Å². The maximum absolute atomic E-state index is 11.9. The number of esters is 1. The molecule has 0 spiro atoms. The lowest BCUT2D eigenvalue weighted by Crippen LogP contribution is -2.39. The number of ether oxygens (including phenoxy) is 2. The average molecular weight is 273 g/mol. The van der Waals surface area contributed by atoms with Crippen LogP contribution in [0, 0.1) is 5.92 Å². The maximum Gasteiger partial charge on any atom is 0.410 e. The molecule has 0 saturated carbocycles. The Hall–Kier alpha value is -1.26. The van der Waals surface area contributed by atoms with E-state index in [4.69, 9.17) is 4.74 Å². The van der Waals surface area contributed by atoms with Gasteiger partial charge in [-0.1, -0.05) is 6.92 Å². The van der Waals surface area contributed by atoms with Gasteiger partial charge in [0.1, 0.15) is 5.60 Å². The maximum atomic E-state index is 11.9. The zero-order valence-corrected chi connectivity index (χ0v) is 13.0. The molecule has 0 saturated heterocycles. The molecule has 1 amide bonds. The van der Waals surface area contributed by atoms with Crippen molar-refractivity contribution < 1.29 is 19.1 Å². The van der Waals surface area contributed by atoms with Crippen molar-refractivity contribution in [3.05, 3.63) is 0 Å². The van der Waals surface area contributed by atoms with E-state index in [9.17, 15) is 9.59 Å². The third-order valence-corrected chi connectivity index (χ3v) is 2.63. The lowest BCUT2D eigenvalue weighted by molar-refractivity contribution is -0.140. The van der Waals surface area contributed by atoms with Crippen molar-refractivity contribution in [3.63, 3.8) is 0 Å². The minimum Gasteiger partial charge on any atom is -0.469 e. The van der Waals surface area contributed by atoms with Gasteiger partial charge in [-0.3, -0.25) is 4.79 Å². The first-order valence-corrected chi connectivity index (χ1v) is 6.74. The van der Waals surface area contributed by atoms with Crippen molar-refractivity contribution in [1.29, 1.82) is 0 Å². The van der Waals surface area contributed by atoms with Crippen LogP contribution >= 0.6 is 0 Å². The molecule has 0 aromatic rings. The number of hydrogen-bond acceptors (Lipinski definition) is 4. The van der Waals surface area contributed by atoms with Crippen molar-refractivity contribution >= 4 is 12.1 Å². The summed E-state index contributed by atoms with van der Waals surface area (Å²) >= 11 is 0. The smallest absolute Gasteiger partial charge is 0.410 e. The average Bonchev–Trinajstić information content (AvgIpc) is 2.30. The van der Waals surface area contributed by atoms with Crippen LogP contribution < -0.4 is 0 Å². The summed E-state index contributed by atoms with van der Waals surface area (Å²) < 4.78 is 9.93. The van der Waals surface area contributed by atoms with Gasteiger partial charge in [-0.25, -0.2) is 4.79 Å². The number of carbonyl (C=O) groups excluding carboxylic acids is 2. The van der Waals surface area contributed by atoms with Gasteiger partial charge < -0.3 is 14.4 Å². The number of amides is 1. The topological polar surface area (TPSA) is 55.8 Å². The first-order chi connectivity index (χ1) is 8.69. The summed E-state index contributed by atoms with van der Waals surface area (Å²) in [5, 5.41) is 0. The van der Waals surface area contributed by atoms with Crippen molar-refractivity contribution in [1.82, 2.24) is 4.90 Å². The Morgan fingerprint density at radius 1 is 1.26 bits per heavy atom. The molecule has 0 aromatic carbocycles. The third-order valence-electron chi connectivity index (χ3n) is 2.63. The Bertz CT molecular complexity index is 296. The Kier molecular flexibility index (Phi) is 7.49. The summed E-state index contributed by atoms with van der Waals surface area (Å²) in [6, 6.07) is 0. The van der Waals surface area contributed by atoms with E-state index in [1.165, 1.54) is 7.11 Å². The Labute approximate surface area is 116 Å². The molecule has 112 valence electrons. The minimum atomic E-state index is -0.486. The van der Waals surface area contributed by atoms with Crippen molar-refractivity contribution in [2.24, 2.45) is 5.92 Å². The first-order valence-electron chi connectivity index (χ1n) is 6.74. The van der Waals surface area contributed by atoms with E-state index < -0.39 is 5.60 Å². The second-order valence-electron chi connectivity index (χ2n) is 5.74. The molecule has 5 nitrogen and oxygen atoms in total. The summed E-state index contributed by atoms with van der Waals surface area (Å²) in [6.07, 6.45) is 0.773. The highest BCUT2D eigenvalue weighted by Crippen LogP contribution is 2.13. The zero-order chi connectivity index (χ0) is 15.1. The molecule has 1 atom stereocenters. The summed E-state index contributed by atoms with van der Waals surface area (Å²) in [5.74, 6) is 0.0127. The number of methoxy groups -OCH3 is 1. The SMILES string of the molecule is CCN(CC(C)CCC(=O)OC)C(=O)OC(C)(C)C. The molecule has 0 aliphatic carbocycles. The standard InChI is InChI=1S/C14H27NO4/c1-7-15(13(17)19-14(3,4)5)10-11(2)8-9-12(16)18-6/h11H,7-10H2,1-6H3. The molecule has 1 unspecified atom stereocenters. The van der Waals surface area contributed by atoms with E-state index in [-0.39, 0.29) is 18.0 Å². The molecule has 0 fully saturated rings. The van der Waals surface area contributed by atoms with Crippen molar-refractivity contribution in [2.45, 2.75) is 53.1 Å². The first kappa shape index (κ1) is 17.7. The molecule has 0 N–H and O–H groups in total. The van der Waals surface area contributed by atoms with E-state index in [1.807, 2.05) is 34.6 Å². The molecule has 0 aromatic heterocycles. The fourth-order valence-corrected chi connectivity index (χ4v) is 1.59. The van der Waals surface area contributed by atoms with Crippen LogP contribution in [0.1, 0.15) is 47.5 Å². The van der Waals surface area contributed by atoms with Gasteiger partial charge in [0.2, 0.25) is 0 Å². The fraction of sp³-hybridized carbons (Fsp3) is 0.857. The predicted molar refractivity (Wildman–Crippen MR) is 73.9 cm³/mol. The lowest BCUT2D eigenvalue weighted by Gasteiger charge is -2.28. The molecule has 0 rings (SSSR count). The van der Waals surface area contributed by atoms with Gasteiger partial charge in [-0.2, -0.15) is 0 Å². The van der Waals surface area contributed by atoms with Crippen LogP contribution in [0.25, 0.3) is 0 Å². The molecule has 0 aliphatic heterocycles. The van der Waals surface area contributed by atoms with Crippen LogP contribution in [0.4, 0.5) is 4.79 Å². The predicted octanol–water partition coefficient (Wildman–Crippen LogP) is 2.83. The Morgan fingerprint density at radius 3 is 2.26 bits per heavy atom. The molecule has 0 bridgehead atoms. The van der Waals surface area contributed by atoms with Gasteiger partial charge in [0.15, 0.2) is 0 Å². The Morgan fingerprint density at radius 2 is 1.84 bits per heavy atom. The third kappa shape index (κ3) is 8.46. The highest BCUT2D eigenvalue weighted by atomic mass is 16.6. The van der Waals surface area contributed by atoms with Crippen molar-refractivity contribution in [3.8, 4) is 0 Å². The largest absolute Gasteiger partial charge is 0.469 e. The highest BCUT2D eigenvalue weighted by molar-refractivity contribution is 5.69.